The van der Waals surface area contributed by atoms with Gasteiger partial charge in [-0.3, -0.25) is 29.0 Å². The molecule has 3 amide bonds. The number of carboxylic acids is 3. The fourth-order valence-corrected chi connectivity index (χ4v) is 2.66. The molecule has 0 bridgehead atoms. The Morgan fingerprint density at radius 3 is 1.83 bits per heavy atom. The molecule has 0 rings (SSSR count). The molecule has 0 aliphatic carbocycles. The molecule has 0 aromatic carbocycles. The summed E-state index contributed by atoms with van der Waals surface area (Å²) in [7, 11) is 0. The van der Waals surface area contributed by atoms with Crippen molar-refractivity contribution in [2.24, 2.45) is 22.2 Å². The lowest BCUT2D eigenvalue weighted by Gasteiger charge is -2.23. The minimum Gasteiger partial charge on any atom is -0.481 e. The van der Waals surface area contributed by atoms with Gasteiger partial charge in [0.2, 0.25) is 17.7 Å². The van der Waals surface area contributed by atoms with E-state index in [1.54, 1.807) is 0 Å². The molecule has 198 valence electrons. The first-order valence-corrected chi connectivity index (χ1v) is 10.6. The normalized spacial score (nSPS) is 13.9. The highest BCUT2D eigenvalue weighted by atomic mass is 16.4. The van der Waals surface area contributed by atoms with E-state index >= 15 is 0 Å². The molecule has 0 aromatic heterocycles. The van der Waals surface area contributed by atoms with Gasteiger partial charge in [-0.05, 0) is 32.6 Å². The lowest BCUT2D eigenvalue weighted by atomic mass is 10.1. The summed E-state index contributed by atoms with van der Waals surface area (Å²) in [6.07, 6.45) is -1.19. The van der Waals surface area contributed by atoms with Gasteiger partial charge in [0.25, 0.3) is 0 Å². The molecule has 35 heavy (non-hydrogen) atoms. The third-order valence-electron chi connectivity index (χ3n) is 4.60. The monoisotopic (exact) mass is 503 g/mol. The molecular weight excluding hydrogens is 470 g/mol. The molecule has 16 nitrogen and oxygen atoms in total. The second-order valence-electron chi connectivity index (χ2n) is 7.61. The summed E-state index contributed by atoms with van der Waals surface area (Å²) < 4.78 is 0. The highest BCUT2D eigenvalue weighted by Crippen LogP contribution is 2.03. The number of nitrogens with two attached hydrogens (primary N) is 3. The van der Waals surface area contributed by atoms with Crippen LogP contribution in [0.2, 0.25) is 0 Å². The predicted octanol–water partition coefficient (Wildman–Crippen LogP) is -3.34. The smallest absolute Gasteiger partial charge is 0.326 e. The number of nitrogens with one attached hydrogen (secondary N) is 3. The molecule has 0 aliphatic heterocycles. The zero-order valence-corrected chi connectivity index (χ0v) is 19.2. The number of aliphatic carboxylic acids is 3. The molecule has 12 N–H and O–H groups in total. The fraction of sp³-hybridized carbons (Fsp3) is 0.632. The first-order valence-electron chi connectivity index (χ1n) is 10.6. The van der Waals surface area contributed by atoms with Gasteiger partial charge >= 0.3 is 17.9 Å². The number of aliphatic imine (C=N–C) groups is 1. The lowest BCUT2D eigenvalue weighted by molar-refractivity contribution is -0.142. The Bertz CT molecular complexity index is 814. The fourth-order valence-electron chi connectivity index (χ4n) is 2.66. The topological polar surface area (TPSA) is 290 Å². The first kappa shape index (κ1) is 31.0. The Kier molecular flexibility index (Phi) is 14.0. The maximum Gasteiger partial charge on any atom is 0.326 e. The number of rotatable bonds is 17. The van der Waals surface area contributed by atoms with Crippen molar-refractivity contribution in [2.75, 3.05) is 6.54 Å². The Morgan fingerprint density at radius 1 is 0.771 bits per heavy atom. The number of carbonyl (C=O) groups is 6. The molecule has 0 fully saturated rings. The second kappa shape index (κ2) is 15.8. The number of guanidine groups is 1. The Hall–Kier alpha value is -3.95. The van der Waals surface area contributed by atoms with Crippen LogP contribution in [0.3, 0.4) is 0 Å². The third-order valence-corrected chi connectivity index (χ3v) is 4.60. The molecule has 0 saturated heterocycles. The molecule has 0 aromatic rings. The van der Waals surface area contributed by atoms with Crippen LogP contribution in [-0.4, -0.2) is 87.6 Å². The van der Waals surface area contributed by atoms with E-state index in [-0.39, 0.29) is 38.2 Å². The van der Waals surface area contributed by atoms with E-state index in [0.717, 1.165) is 0 Å². The zero-order chi connectivity index (χ0) is 27.1. The van der Waals surface area contributed by atoms with E-state index in [1.807, 2.05) is 0 Å². The average Bonchev–Trinajstić information content (AvgIpc) is 2.75. The quantitative estimate of drug-likeness (QED) is 0.0534. The van der Waals surface area contributed by atoms with Crippen LogP contribution in [0.4, 0.5) is 0 Å². The number of hydrogen-bond acceptors (Lipinski definition) is 8. The molecule has 4 atom stereocenters. The number of carbonyl (C=O) groups excluding carboxylic acids is 3. The molecule has 4 unspecified atom stereocenters. The van der Waals surface area contributed by atoms with Gasteiger partial charge in [0, 0.05) is 19.4 Å². The van der Waals surface area contributed by atoms with Crippen molar-refractivity contribution in [3.05, 3.63) is 0 Å². The summed E-state index contributed by atoms with van der Waals surface area (Å²) in [5.74, 6) is -6.53. The van der Waals surface area contributed by atoms with Gasteiger partial charge in [-0.15, -0.1) is 0 Å². The minimum atomic E-state index is -1.39. The number of hydrogen-bond donors (Lipinski definition) is 9. The average molecular weight is 504 g/mol. The van der Waals surface area contributed by atoms with Gasteiger partial charge in [0.15, 0.2) is 5.96 Å². The molecule has 0 heterocycles. The summed E-state index contributed by atoms with van der Waals surface area (Å²) in [6, 6.07) is -5.18. The van der Waals surface area contributed by atoms with E-state index in [1.165, 1.54) is 6.92 Å². The van der Waals surface area contributed by atoms with Crippen molar-refractivity contribution in [3.63, 3.8) is 0 Å². The van der Waals surface area contributed by atoms with Crippen LogP contribution >= 0.6 is 0 Å². The van der Waals surface area contributed by atoms with Gasteiger partial charge in [0.05, 0.1) is 6.04 Å². The Labute approximate surface area is 200 Å². The lowest BCUT2D eigenvalue weighted by Crippen LogP contribution is -2.56. The van der Waals surface area contributed by atoms with Gasteiger partial charge in [0.1, 0.15) is 18.1 Å². The summed E-state index contributed by atoms with van der Waals surface area (Å²) >= 11 is 0. The minimum absolute atomic E-state index is 0.00401. The summed E-state index contributed by atoms with van der Waals surface area (Å²) in [5.41, 5.74) is 16.0. The van der Waals surface area contributed by atoms with Crippen molar-refractivity contribution in [1.82, 2.24) is 16.0 Å². The van der Waals surface area contributed by atoms with Crippen LogP contribution < -0.4 is 33.2 Å². The van der Waals surface area contributed by atoms with Crippen molar-refractivity contribution in [2.45, 2.75) is 69.6 Å². The van der Waals surface area contributed by atoms with Crippen LogP contribution in [0, 0.1) is 0 Å². The maximum atomic E-state index is 12.6. The van der Waals surface area contributed by atoms with Gasteiger partial charge < -0.3 is 48.5 Å². The Morgan fingerprint density at radius 2 is 1.31 bits per heavy atom. The second-order valence-corrected chi connectivity index (χ2v) is 7.61. The van der Waals surface area contributed by atoms with E-state index in [2.05, 4.69) is 20.9 Å². The van der Waals surface area contributed by atoms with Gasteiger partial charge in [-0.1, -0.05) is 0 Å². The predicted molar refractivity (Wildman–Crippen MR) is 121 cm³/mol. The van der Waals surface area contributed by atoms with E-state index < -0.39 is 72.6 Å². The summed E-state index contributed by atoms with van der Waals surface area (Å²) in [5, 5.41) is 33.7. The van der Waals surface area contributed by atoms with Crippen LogP contribution in [-0.2, 0) is 28.8 Å². The standard InChI is InChI=1S/C19H33N7O9/c1-9(15(31)26-12(18(34)35)3-2-8-23-19(21)22)24-17(33)11(5-7-14(29)30)25-16(32)10(20)4-6-13(27)28/h9-12H,2-8,20H2,1H3,(H,24,33)(H,25,32)(H,26,31)(H,27,28)(H,29,30)(H,34,35)(H4,21,22,23). The molecule has 0 aliphatic rings. The number of carboxylic acid groups (broad SMARTS) is 3. The van der Waals surface area contributed by atoms with E-state index in [0.29, 0.717) is 0 Å². The Balaban J connectivity index is 5.09. The van der Waals surface area contributed by atoms with Gasteiger partial charge in [-0.2, -0.15) is 0 Å². The van der Waals surface area contributed by atoms with E-state index in [4.69, 9.17) is 27.4 Å². The molecular formula is C19H33N7O9. The molecule has 0 spiro atoms. The number of nitrogens with zero attached hydrogens (tertiary/aromatic N) is 1. The highest BCUT2D eigenvalue weighted by molar-refractivity contribution is 5.94. The van der Waals surface area contributed by atoms with Crippen molar-refractivity contribution in [3.8, 4) is 0 Å². The molecule has 0 saturated carbocycles. The van der Waals surface area contributed by atoms with Crippen molar-refractivity contribution in [1.29, 1.82) is 0 Å². The van der Waals surface area contributed by atoms with Crippen molar-refractivity contribution < 1.29 is 44.1 Å². The summed E-state index contributed by atoms with van der Waals surface area (Å²) in [4.78, 5) is 73.8. The molecule has 16 heteroatoms. The van der Waals surface area contributed by atoms with Crippen LogP contribution in [0.5, 0.6) is 0 Å². The highest BCUT2D eigenvalue weighted by Gasteiger charge is 2.28. The van der Waals surface area contributed by atoms with Crippen LogP contribution in [0.25, 0.3) is 0 Å². The van der Waals surface area contributed by atoms with E-state index in [9.17, 15) is 33.9 Å². The maximum absolute atomic E-state index is 12.6. The van der Waals surface area contributed by atoms with Crippen LogP contribution in [0.1, 0.15) is 45.4 Å². The third kappa shape index (κ3) is 14.0. The van der Waals surface area contributed by atoms with Gasteiger partial charge in [-0.25, -0.2) is 4.79 Å². The van der Waals surface area contributed by atoms with Crippen molar-refractivity contribution >= 4 is 41.6 Å². The number of amides is 3. The first-order chi connectivity index (χ1) is 16.2. The SMILES string of the molecule is CC(NC(=O)C(CCC(=O)O)NC(=O)C(N)CCC(=O)O)C(=O)NC(CCCN=C(N)N)C(=O)O. The molecule has 0 radical (unpaired) electrons. The largest absolute Gasteiger partial charge is 0.481 e. The van der Waals surface area contributed by atoms with Crippen LogP contribution in [0.15, 0.2) is 4.99 Å². The zero-order valence-electron chi connectivity index (χ0n) is 19.2. The summed E-state index contributed by atoms with van der Waals surface area (Å²) in [6.45, 7) is 1.41.